The highest BCUT2D eigenvalue weighted by Gasteiger charge is 2.18. The average molecular weight is 332 g/mol. The number of hydrogen-bond acceptors (Lipinski definition) is 6. The van der Waals surface area contributed by atoms with Gasteiger partial charge in [-0.25, -0.2) is 17.9 Å². The predicted molar refractivity (Wildman–Crippen MR) is 80.7 cm³/mol. The Bertz CT molecular complexity index is 603. The molecule has 0 aliphatic carbocycles. The van der Waals surface area contributed by atoms with Crippen molar-refractivity contribution in [1.29, 1.82) is 0 Å². The van der Waals surface area contributed by atoms with Crippen LogP contribution in [0.15, 0.2) is 23.1 Å². The third-order valence-corrected chi connectivity index (χ3v) is 4.24. The number of aliphatic hydroxyl groups excluding tert-OH is 1. The number of carbonyl (C=O) groups is 1. The first-order valence-corrected chi connectivity index (χ1v) is 8.11. The van der Waals surface area contributed by atoms with Crippen LogP contribution in [0.3, 0.4) is 0 Å². The van der Waals surface area contributed by atoms with Gasteiger partial charge in [-0.1, -0.05) is 0 Å². The van der Waals surface area contributed by atoms with Crippen LogP contribution >= 0.6 is 0 Å². The van der Waals surface area contributed by atoms with Gasteiger partial charge in [-0.15, -0.1) is 0 Å². The van der Waals surface area contributed by atoms with Crippen molar-refractivity contribution in [1.82, 2.24) is 4.72 Å². The number of nitrogens with one attached hydrogen (secondary N) is 2. The first-order chi connectivity index (χ1) is 10.4. The number of anilines is 1. The van der Waals surface area contributed by atoms with Crippen LogP contribution in [-0.4, -0.2) is 58.0 Å². The number of benzene rings is 1. The molecule has 0 aliphatic heterocycles. The first-order valence-electron chi connectivity index (χ1n) is 6.63. The zero-order valence-corrected chi connectivity index (χ0v) is 13.0. The smallest absolute Gasteiger partial charge is 0.337 e. The Morgan fingerprint density at radius 3 is 2.64 bits per heavy atom. The van der Waals surface area contributed by atoms with Gasteiger partial charge in [0.2, 0.25) is 10.0 Å². The highest BCUT2D eigenvalue weighted by Crippen LogP contribution is 2.20. The SMILES string of the molecule is COCCCNS(=O)(=O)c1ccc(NCCO)c(C(=O)O)c1. The highest BCUT2D eigenvalue weighted by molar-refractivity contribution is 7.89. The number of ether oxygens (including phenoxy) is 1. The molecule has 0 spiro atoms. The Labute approximate surface area is 129 Å². The number of aliphatic hydroxyl groups is 1. The molecule has 0 aliphatic rings. The van der Waals surface area contributed by atoms with Crippen LogP contribution in [0.25, 0.3) is 0 Å². The van der Waals surface area contributed by atoms with Crippen LogP contribution in [-0.2, 0) is 14.8 Å². The number of methoxy groups -OCH3 is 1. The van der Waals surface area contributed by atoms with Gasteiger partial charge < -0.3 is 20.3 Å². The second-order valence-corrected chi connectivity index (χ2v) is 6.17. The van der Waals surface area contributed by atoms with E-state index >= 15 is 0 Å². The second kappa shape index (κ2) is 8.69. The van der Waals surface area contributed by atoms with Gasteiger partial charge in [0, 0.05) is 32.5 Å². The Kier molecular flexibility index (Phi) is 7.25. The van der Waals surface area contributed by atoms with Crippen molar-refractivity contribution in [3.8, 4) is 0 Å². The number of carboxylic acids is 1. The fourth-order valence-corrected chi connectivity index (χ4v) is 2.82. The van der Waals surface area contributed by atoms with Gasteiger partial charge in [0.1, 0.15) is 0 Å². The molecular formula is C13H20N2O6S. The summed E-state index contributed by atoms with van der Waals surface area (Å²) in [6.07, 6.45) is 0.512. The van der Waals surface area contributed by atoms with Crippen molar-refractivity contribution in [2.24, 2.45) is 0 Å². The molecule has 124 valence electrons. The molecule has 8 nitrogen and oxygen atoms in total. The van der Waals surface area contributed by atoms with Crippen LogP contribution in [0, 0.1) is 0 Å². The summed E-state index contributed by atoms with van der Waals surface area (Å²) in [6.45, 7) is 0.623. The van der Waals surface area contributed by atoms with Crippen LogP contribution in [0.2, 0.25) is 0 Å². The standard InChI is InChI=1S/C13H20N2O6S/c1-21-8-2-5-15-22(19,20)10-3-4-12(14-6-7-16)11(9-10)13(17)18/h3-4,9,14-16H,2,5-8H2,1H3,(H,17,18). The summed E-state index contributed by atoms with van der Waals surface area (Å²) in [5, 5.41) is 20.6. The third-order valence-electron chi connectivity index (χ3n) is 2.78. The molecule has 0 atom stereocenters. The number of sulfonamides is 1. The molecule has 1 aromatic carbocycles. The molecule has 0 heterocycles. The van der Waals surface area contributed by atoms with Gasteiger partial charge >= 0.3 is 5.97 Å². The minimum atomic E-state index is -3.78. The van der Waals surface area contributed by atoms with E-state index in [0.717, 1.165) is 6.07 Å². The summed E-state index contributed by atoms with van der Waals surface area (Å²) < 4.78 is 31.4. The van der Waals surface area contributed by atoms with Gasteiger partial charge in [0.25, 0.3) is 0 Å². The fraction of sp³-hybridized carbons (Fsp3) is 0.462. The molecule has 22 heavy (non-hydrogen) atoms. The maximum atomic E-state index is 12.1. The highest BCUT2D eigenvalue weighted by atomic mass is 32.2. The molecule has 4 N–H and O–H groups in total. The van der Waals surface area contributed by atoms with Crippen molar-refractivity contribution in [2.75, 3.05) is 38.7 Å². The summed E-state index contributed by atoms with van der Waals surface area (Å²) in [4.78, 5) is 11.1. The van der Waals surface area contributed by atoms with Crippen LogP contribution < -0.4 is 10.0 Å². The molecule has 0 saturated heterocycles. The summed E-state index contributed by atoms with van der Waals surface area (Å²) in [6, 6.07) is 3.76. The Balaban J connectivity index is 2.95. The zero-order chi connectivity index (χ0) is 16.6. The molecule has 0 bridgehead atoms. The summed E-state index contributed by atoms with van der Waals surface area (Å²) >= 11 is 0. The fourth-order valence-electron chi connectivity index (χ4n) is 1.72. The van der Waals surface area contributed by atoms with E-state index < -0.39 is 16.0 Å². The Morgan fingerprint density at radius 2 is 2.05 bits per heavy atom. The Morgan fingerprint density at radius 1 is 1.32 bits per heavy atom. The largest absolute Gasteiger partial charge is 0.478 e. The number of aromatic carboxylic acids is 1. The first kappa shape index (κ1) is 18.4. The predicted octanol–water partition coefficient (Wildman–Crippen LogP) is 0.104. The lowest BCUT2D eigenvalue weighted by Crippen LogP contribution is -2.26. The van der Waals surface area contributed by atoms with Crippen molar-refractivity contribution >= 4 is 21.7 Å². The van der Waals surface area contributed by atoms with Crippen molar-refractivity contribution < 1.29 is 28.2 Å². The number of carboxylic acid groups (broad SMARTS) is 1. The summed E-state index contributed by atoms with van der Waals surface area (Å²) in [5.41, 5.74) is 0.0769. The van der Waals surface area contributed by atoms with Gasteiger partial charge in [0.05, 0.1) is 17.1 Å². The third kappa shape index (κ3) is 5.26. The summed E-state index contributed by atoms with van der Waals surface area (Å²) in [7, 11) is -2.26. The minimum Gasteiger partial charge on any atom is -0.478 e. The van der Waals surface area contributed by atoms with Crippen LogP contribution in [0.5, 0.6) is 0 Å². The van der Waals surface area contributed by atoms with Crippen molar-refractivity contribution in [2.45, 2.75) is 11.3 Å². The van der Waals surface area contributed by atoms with Gasteiger partial charge in [-0.2, -0.15) is 0 Å². The van der Waals surface area contributed by atoms with Gasteiger partial charge in [-0.3, -0.25) is 0 Å². The zero-order valence-electron chi connectivity index (χ0n) is 12.2. The Hall–Kier alpha value is -1.68. The molecule has 0 aromatic heterocycles. The minimum absolute atomic E-state index is 0.128. The van der Waals surface area contributed by atoms with Gasteiger partial charge in [0.15, 0.2) is 0 Å². The van der Waals surface area contributed by atoms with E-state index in [1.165, 1.54) is 19.2 Å². The summed E-state index contributed by atoms with van der Waals surface area (Å²) in [5.74, 6) is -1.25. The molecule has 1 aromatic rings. The van der Waals surface area contributed by atoms with E-state index in [1.807, 2.05) is 0 Å². The van der Waals surface area contributed by atoms with Gasteiger partial charge in [-0.05, 0) is 24.6 Å². The van der Waals surface area contributed by atoms with E-state index in [9.17, 15) is 13.2 Å². The topological polar surface area (TPSA) is 125 Å². The van der Waals surface area contributed by atoms with Crippen LogP contribution in [0.4, 0.5) is 5.69 Å². The molecule has 1 rings (SSSR count). The molecule has 9 heteroatoms. The maximum absolute atomic E-state index is 12.1. The maximum Gasteiger partial charge on any atom is 0.337 e. The lowest BCUT2D eigenvalue weighted by Gasteiger charge is -2.11. The van der Waals surface area contributed by atoms with E-state index in [0.29, 0.717) is 13.0 Å². The van der Waals surface area contributed by atoms with Crippen molar-refractivity contribution in [3.63, 3.8) is 0 Å². The molecule has 0 fully saturated rings. The molecule has 0 unspecified atom stereocenters. The van der Waals surface area contributed by atoms with E-state index in [4.69, 9.17) is 14.9 Å². The van der Waals surface area contributed by atoms with E-state index in [1.54, 1.807) is 0 Å². The molecule has 0 amide bonds. The van der Waals surface area contributed by atoms with E-state index in [-0.39, 0.29) is 35.8 Å². The second-order valence-electron chi connectivity index (χ2n) is 4.41. The van der Waals surface area contributed by atoms with Crippen LogP contribution in [0.1, 0.15) is 16.8 Å². The van der Waals surface area contributed by atoms with Crippen molar-refractivity contribution in [3.05, 3.63) is 23.8 Å². The number of hydrogen-bond donors (Lipinski definition) is 4. The average Bonchev–Trinajstić information content (AvgIpc) is 2.49. The molecule has 0 radical (unpaired) electrons. The van der Waals surface area contributed by atoms with E-state index in [2.05, 4.69) is 10.0 Å². The molecule has 0 saturated carbocycles. The molecular weight excluding hydrogens is 312 g/mol. The number of rotatable bonds is 10. The lowest BCUT2D eigenvalue weighted by atomic mass is 10.2. The quantitative estimate of drug-likeness (QED) is 0.448. The normalized spacial score (nSPS) is 11.4. The monoisotopic (exact) mass is 332 g/mol. The lowest BCUT2D eigenvalue weighted by molar-refractivity contribution is 0.0697.